The highest BCUT2D eigenvalue weighted by Crippen LogP contribution is 2.25. The number of carbonyl (C=O) groups is 1. The summed E-state index contributed by atoms with van der Waals surface area (Å²) in [7, 11) is -3.43. The molecule has 3 aromatic rings. The predicted molar refractivity (Wildman–Crippen MR) is 115 cm³/mol. The smallest absolute Gasteiger partial charge is 0.229 e. The van der Waals surface area contributed by atoms with Crippen LogP contribution in [0.15, 0.2) is 72.8 Å². The molecule has 0 radical (unpaired) electrons. The minimum atomic E-state index is -3.43. The van der Waals surface area contributed by atoms with E-state index in [4.69, 9.17) is 16.3 Å². The molecule has 0 aliphatic rings. The number of amides is 1. The van der Waals surface area contributed by atoms with Gasteiger partial charge in [-0.1, -0.05) is 35.9 Å². The van der Waals surface area contributed by atoms with E-state index in [1.54, 1.807) is 72.8 Å². The number of rotatable bonds is 7. The average Bonchev–Trinajstić information content (AvgIpc) is 2.64. The number of benzene rings is 3. The quantitative estimate of drug-likeness (QED) is 0.569. The zero-order valence-electron chi connectivity index (χ0n) is 15.6. The van der Waals surface area contributed by atoms with Crippen LogP contribution in [0.2, 0.25) is 5.02 Å². The van der Waals surface area contributed by atoms with Crippen molar-refractivity contribution in [3.63, 3.8) is 0 Å². The summed E-state index contributed by atoms with van der Waals surface area (Å²) in [6.07, 6.45) is 1.09. The van der Waals surface area contributed by atoms with Crippen molar-refractivity contribution in [1.82, 2.24) is 0 Å². The molecule has 0 fully saturated rings. The van der Waals surface area contributed by atoms with Crippen LogP contribution in [0, 0.1) is 0 Å². The zero-order chi connectivity index (χ0) is 20.9. The lowest BCUT2D eigenvalue weighted by atomic mass is 10.1. The third-order valence-corrected chi connectivity index (χ3v) is 4.66. The maximum atomic E-state index is 12.4. The van der Waals surface area contributed by atoms with Crippen LogP contribution in [0.25, 0.3) is 0 Å². The molecular weight excluding hydrogens is 412 g/mol. The summed E-state index contributed by atoms with van der Waals surface area (Å²) in [5.74, 6) is 0.952. The fraction of sp³-hybridized carbons (Fsp3) is 0.0952. The van der Waals surface area contributed by atoms with Crippen molar-refractivity contribution in [2.24, 2.45) is 0 Å². The Morgan fingerprint density at radius 2 is 1.69 bits per heavy atom. The van der Waals surface area contributed by atoms with E-state index < -0.39 is 10.0 Å². The van der Waals surface area contributed by atoms with Crippen LogP contribution in [0.3, 0.4) is 0 Å². The van der Waals surface area contributed by atoms with Gasteiger partial charge < -0.3 is 10.1 Å². The predicted octanol–water partition coefficient (Wildman–Crippen LogP) is 4.69. The molecule has 0 aliphatic carbocycles. The van der Waals surface area contributed by atoms with E-state index in [0.717, 1.165) is 6.26 Å². The number of sulfonamides is 1. The van der Waals surface area contributed by atoms with E-state index >= 15 is 0 Å². The second-order valence-corrected chi connectivity index (χ2v) is 8.53. The van der Waals surface area contributed by atoms with Crippen LogP contribution in [-0.4, -0.2) is 20.6 Å². The SMILES string of the molecule is CS(=O)(=O)Nc1ccccc1CC(=O)Nc1ccc(Oc2cccc(Cl)c2)cc1. The summed E-state index contributed by atoms with van der Waals surface area (Å²) in [6, 6.07) is 20.7. The maximum Gasteiger partial charge on any atom is 0.229 e. The lowest BCUT2D eigenvalue weighted by molar-refractivity contribution is -0.115. The first-order valence-corrected chi connectivity index (χ1v) is 10.9. The molecule has 0 aliphatic heterocycles. The molecule has 0 saturated heterocycles. The van der Waals surface area contributed by atoms with Crippen molar-refractivity contribution in [3.05, 3.63) is 83.4 Å². The Kier molecular flexibility index (Phi) is 6.41. The highest BCUT2D eigenvalue weighted by atomic mass is 35.5. The third kappa shape index (κ3) is 6.51. The Morgan fingerprint density at radius 3 is 2.38 bits per heavy atom. The largest absolute Gasteiger partial charge is 0.457 e. The number of ether oxygens (including phenoxy) is 1. The first-order chi connectivity index (χ1) is 13.8. The van der Waals surface area contributed by atoms with Crippen molar-refractivity contribution >= 4 is 38.9 Å². The molecule has 0 aromatic heterocycles. The third-order valence-electron chi connectivity index (χ3n) is 3.83. The van der Waals surface area contributed by atoms with Crippen LogP contribution in [-0.2, 0) is 21.2 Å². The molecule has 29 heavy (non-hydrogen) atoms. The van der Waals surface area contributed by atoms with E-state index in [9.17, 15) is 13.2 Å². The molecule has 3 rings (SSSR count). The van der Waals surface area contributed by atoms with Crippen molar-refractivity contribution in [3.8, 4) is 11.5 Å². The Bertz CT molecular complexity index is 1120. The van der Waals surface area contributed by atoms with Crippen LogP contribution in [0.1, 0.15) is 5.56 Å². The van der Waals surface area contributed by atoms with E-state index in [-0.39, 0.29) is 12.3 Å². The molecule has 3 aromatic carbocycles. The van der Waals surface area contributed by atoms with Gasteiger partial charge >= 0.3 is 0 Å². The number of para-hydroxylation sites is 1. The Balaban J connectivity index is 1.63. The van der Waals surface area contributed by atoms with Gasteiger partial charge in [0.15, 0.2) is 0 Å². The van der Waals surface area contributed by atoms with Crippen LogP contribution < -0.4 is 14.8 Å². The van der Waals surface area contributed by atoms with Crippen LogP contribution in [0.4, 0.5) is 11.4 Å². The van der Waals surface area contributed by atoms with Gasteiger partial charge in [0, 0.05) is 10.7 Å². The monoisotopic (exact) mass is 430 g/mol. The summed E-state index contributed by atoms with van der Waals surface area (Å²) < 4.78 is 31.1. The number of anilines is 2. The van der Waals surface area contributed by atoms with Gasteiger partial charge in [0.25, 0.3) is 0 Å². The molecule has 2 N–H and O–H groups in total. The molecule has 0 bridgehead atoms. The fourth-order valence-electron chi connectivity index (χ4n) is 2.62. The van der Waals surface area contributed by atoms with E-state index in [1.165, 1.54) is 0 Å². The molecule has 0 heterocycles. The standard InChI is InChI=1S/C21H19ClN2O4S/c1-29(26,27)24-20-8-3-2-5-15(20)13-21(25)23-17-9-11-18(12-10-17)28-19-7-4-6-16(22)14-19/h2-12,14,24H,13H2,1H3,(H,23,25). The number of hydrogen-bond donors (Lipinski definition) is 2. The van der Waals surface area contributed by atoms with E-state index in [1.807, 2.05) is 0 Å². The van der Waals surface area contributed by atoms with Gasteiger partial charge in [-0.2, -0.15) is 0 Å². The minimum Gasteiger partial charge on any atom is -0.457 e. The summed E-state index contributed by atoms with van der Waals surface area (Å²) in [5.41, 5.74) is 1.56. The summed E-state index contributed by atoms with van der Waals surface area (Å²) in [6.45, 7) is 0. The van der Waals surface area contributed by atoms with Gasteiger partial charge in [-0.05, 0) is 54.1 Å². The molecule has 8 heteroatoms. The van der Waals surface area contributed by atoms with E-state index in [0.29, 0.717) is 33.5 Å². The second kappa shape index (κ2) is 8.98. The molecule has 0 unspecified atom stereocenters. The molecule has 0 spiro atoms. The lowest BCUT2D eigenvalue weighted by Gasteiger charge is -2.11. The Labute approximate surface area is 174 Å². The normalized spacial score (nSPS) is 11.0. The summed E-state index contributed by atoms with van der Waals surface area (Å²) >= 11 is 5.94. The first kappa shape index (κ1) is 20.7. The minimum absolute atomic E-state index is 0.0272. The number of hydrogen-bond acceptors (Lipinski definition) is 4. The lowest BCUT2D eigenvalue weighted by Crippen LogP contribution is -2.17. The highest BCUT2D eigenvalue weighted by molar-refractivity contribution is 7.92. The molecule has 1 amide bonds. The molecule has 0 saturated carbocycles. The number of carbonyl (C=O) groups excluding carboxylic acids is 1. The van der Waals surface area contributed by atoms with Gasteiger partial charge in [0.2, 0.25) is 15.9 Å². The van der Waals surface area contributed by atoms with Crippen molar-refractivity contribution in [2.75, 3.05) is 16.3 Å². The molecule has 150 valence electrons. The number of nitrogens with one attached hydrogen (secondary N) is 2. The molecule has 0 atom stereocenters. The first-order valence-electron chi connectivity index (χ1n) is 8.67. The topological polar surface area (TPSA) is 84.5 Å². The Hall–Kier alpha value is -3.03. The van der Waals surface area contributed by atoms with Gasteiger partial charge in [-0.3, -0.25) is 9.52 Å². The second-order valence-electron chi connectivity index (χ2n) is 6.34. The van der Waals surface area contributed by atoms with Gasteiger partial charge in [0.05, 0.1) is 18.4 Å². The Morgan fingerprint density at radius 1 is 0.966 bits per heavy atom. The van der Waals surface area contributed by atoms with Gasteiger partial charge in [-0.25, -0.2) is 8.42 Å². The van der Waals surface area contributed by atoms with Gasteiger partial charge in [0.1, 0.15) is 11.5 Å². The molecule has 6 nitrogen and oxygen atoms in total. The summed E-state index contributed by atoms with van der Waals surface area (Å²) in [5, 5.41) is 3.37. The fourth-order valence-corrected chi connectivity index (χ4v) is 3.40. The van der Waals surface area contributed by atoms with Crippen molar-refractivity contribution in [2.45, 2.75) is 6.42 Å². The average molecular weight is 431 g/mol. The van der Waals surface area contributed by atoms with Gasteiger partial charge in [-0.15, -0.1) is 0 Å². The van der Waals surface area contributed by atoms with Crippen molar-refractivity contribution in [1.29, 1.82) is 0 Å². The zero-order valence-corrected chi connectivity index (χ0v) is 17.1. The highest BCUT2D eigenvalue weighted by Gasteiger charge is 2.11. The van der Waals surface area contributed by atoms with E-state index in [2.05, 4.69) is 10.0 Å². The van der Waals surface area contributed by atoms with Crippen LogP contribution in [0.5, 0.6) is 11.5 Å². The van der Waals surface area contributed by atoms with Crippen LogP contribution >= 0.6 is 11.6 Å². The molecular formula is C21H19ClN2O4S. The summed E-state index contributed by atoms with van der Waals surface area (Å²) in [4.78, 5) is 12.4. The maximum absolute atomic E-state index is 12.4. The van der Waals surface area contributed by atoms with Crippen molar-refractivity contribution < 1.29 is 17.9 Å². The number of halogens is 1.